The van der Waals surface area contributed by atoms with Gasteiger partial charge < -0.3 is 4.90 Å². The van der Waals surface area contributed by atoms with Gasteiger partial charge in [0.05, 0.1) is 5.38 Å². The molecule has 1 fully saturated rings. The summed E-state index contributed by atoms with van der Waals surface area (Å²) >= 11 is 7.86. The first kappa shape index (κ1) is 10.8. The number of amidine groups is 1. The van der Waals surface area contributed by atoms with E-state index in [4.69, 9.17) is 17.0 Å². The first-order valence-electron chi connectivity index (χ1n) is 4.77. The monoisotopic (exact) mass is 241 g/mol. The van der Waals surface area contributed by atoms with Gasteiger partial charge >= 0.3 is 0 Å². The predicted octanol–water partition coefficient (Wildman–Crippen LogP) is 2.35. The smallest absolute Gasteiger partial charge is 0.156 e. The first-order chi connectivity index (χ1) is 7.27. The zero-order chi connectivity index (χ0) is 10.7. The van der Waals surface area contributed by atoms with Crippen molar-refractivity contribution in [3.05, 3.63) is 30.1 Å². The van der Waals surface area contributed by atoms with Gasteiger partial charge in [0, 0.05) is 31.2 Å². The molecule has 15 heavy (non-hydrogen) atoms. The van der Waals surface area contributed by atoms with Crippen LogP contribution in [0.15, 0.2) is 24.5 Å². The molecule has 0 aromatic carbocycles. The van der Waals surface area contributed by atoms with Crippen molar-refractivity contribution in [2.24, 2.45) is 0 Å². The van der Waals surface area contributed by atoms with Crippen LogP contribution in [0.1, 0.15) is 10.9 Å². The van der Waals surface area contributed by atoms with E-state index < -0.39 is 0 Å². The minimum atomic E-state index is -0.0629. The standard InChI is InChI=1S/C10H12ClN3S/c11-9(8-1-3-13-4-2-8)7-14-5-6-15-10(14)12/h1-4,9,12H,5-7H2. The summed E-state index contributed by atoms with van der Waals surface area (Å²) in [6, 6.07) is 3.84. The highest BCUT2D eigenvalue weighted by Crippen LogP contribution is 2.24. The summed E-state index contributed by atoms with van der Waals surface area (Å²) in [5.74, 6) is 0.999. The van der Waals surface area contributed by atoms with Gasteiger partial charge in [-0.15, -0.1) is 11.6 Å². The lowest BCUT2D eigenvalue weighted by Gasteiger charge is -2.20. The number of nitrogens with one attached hydrogen (secondary N) is 1. The minimum Gasteiger partial charge on any atom is -0.349 e. The number of halogens is 1. The SMILES string of the molecule is N=C1SCCN1CC(Cl)c1ccncc1. The van der Waals surface area contributed by atoms with Crippen LogP contribution < -0.4 is 0 Å². The Morgan fingerprint density at radius 3 is 2.87 bits per heavy atom. The number of alkyl halides is 1. The Morgan fingerprint density at radius 1 is 1.53 bits per heavy atom. The fraction of sp³-hybridized carbons (Fsp3) is 0.400. The van der Waals surface area contributed by atoms with Crippen LogP contribution in [0.5, 0.6) is 0 Å². The van der Waals surface area contributed by atoms with Crippen molar-refractivity contribution in [1.82, 2.24) is 9.88 Å². The zero-order valence-electron chi connectivity index (χ0n) is 8.19. The summed E-state index contributed by atoms with van der Waals surface area (Å²) < 4.78 is 0. The molecule has 2 heterocycles. The van der Waals surface area contributed by atoms with Gasteiger partial charge in [0.1, 0.15) is 0 Å². The molecular formula is C10H12ClN3S. The van der Waals surface area contributed by atoms with Gasteiger partial charge in [-0.1, -0.05) is 11.8 Å². The van der Waals surface area contributed by atoms with Crippen LogP contribution in [0, 0.1) is 5.41 Å². The molecule has 1 aliphatic heterocycles. The average Bonchev–Trinajstić information content (AvgIpc) is 2.66. The van der Waals surface area contributed by atoms with Gasteiger partial charge in [0.2, 0.25) is 0 Å². The lowest BCUT2D eigenvalue weighted by atomic mass is 10.2. The number of nitrogens with zero attached hydrogens (tertiary/aromatic N) is 2. The number of thioether (sulfide) groups is 1. The summed E-state index contributed by atoms with van der Waals surface area (Å²) in [6.07, 6.45) is 3.49. The van der Waals surface area contributed by atoms with Crippen LogP contribution in [0.25, 0.3) is 0 Å². The van der Waals surface area contributed by atoms with Crippen LogP contribution in [0.3, 0.4) is 0 Å². The molecule has 1 saturated heterocycles. The van der Waals surface area contributed by atoms with Crippen LogP contribution in [0.2, 0.25) is 0 Å². The fourth-order valence-electron chi connectivity index (χ4n) is 1.49. The van der Waals surface area contributed by atoms with E-state index in [2.05, 4.69) is 4.98 Å². The van der Waals surface area contributed by atoms with Crippen molar-refractivity contribution in [1.29, 1.82) is 5.41 Å². The summed E-state index contributed by atoms with van der Waals surface area (Å²) in [4.78, 5) is 5.97. The second kappa shape index (κ2) is 4.86. The second-order valence-corrected chi connectivity index (χ2v) is 4.96. The largest absolute Gasteiger partial charge is 0.349 e. The maximum Gasteiger partial charge on any atom is 0.156 e. The third-order valence-corrected chi connectivity index (χ3v) is 3.64. The molecule has 3 nitrogen and oxygen atoms in total. The molecule has 0 amide bonds. The van der Waals surface area contributed by atoms with Gasteiger partial charge in [0.25, 0.3) is 0 Å². The number of aromatic nitrogens is 1. The van der Waals surface area contributed by atoms with Gasteiger partial charge in [-0.2, -0.15) is 0 Å². The first-order valence-corrected chi connectivity index (χ1v) is 6.20. The topological polar surface area (TPSA) is 40.0 Å². The Kier molecular flexibility index (Phi) is 3.49. The van der Waals surface area contributed by atoms with Crippen molar-refractivity contribution >= 4 is 28.5 Å². The van der Waals surface area contributed by atoms with E-state index >= 15 is 0 Å². The Labute approximate surface area is 98.3 Å². The lowest BCUT2D eigenvalue weighted by Crippen LogP contribution is -2.27. The van der Waals surface area contributed by atoms with E-state index in [1.807, 2.05) is 17.0 Å². The van der Waals surface area contributed by atoms with E-state index in [1.165, 1.54) is 0 Å². The van der Waals surface area contributed by atoms with Crippen LogP contribution >= 0.6 is 23.4 Å². The van der Waals surface area contributed by atoms with E-state index in [9.17, 15) is 0 Å². The van der Waals surface area contributed by atoms with Crippen LogP contribution in [0.4, 0.5) is 0 Å². The molecule has 5 heteroatoms. The molecule has 0 bridgehead atoms. The Morgan fingerprint density at radius 2 is 2.27 bits per heavy atom. The number of hydrogen-bond donors (Lipinski definition) is 1. The summed E-state index contributed by atoms with van der Waals surface area (Å²) in [6.45, 7) is 1.63. The lowest BCUT2D eigenvalue weighted by molar-refractivity contribution is 0.457. The number of rotatable bonds is 3. The van der Waals surface area contributed by atoms with Crippen LogP contribution in [-0.2, 0) is 0 Å². The van der Waals surface area contributed by atoms with E-state index in [0.717, 1.165) is 17.9 Å². The molecule has 1 aromatic heterocycles. The molecule has 0 saturated carbocycles. The van der Waals surface area contributed by atoms with Crippen molar-refractivity contribution in [2.45, 2.75) is 5.38 Å². The van der Waals surface area contributed by atoms with Gasteiger partial charge in [-0.05, 0) is 17.7 Å². The van der Waals surface area contributed by atoms with E-state index in [0.29, 0.717) is 11.7 Å². The van der Waals surface area contributed by atoms with Crippen molar-refractivity contribution < 1.29 is 0 Å². The normalized spacial score (nSPS) is 18.2. The third kappa shape index (κ3) is 2.63. The third-order valence-electron chi connectivity index (χ3n) is 2.34. The van der Waals surface area contributed by atoms with E-state index in [1.54, 1.807) is 24.2 Å². The summed E-state index contributed by atoms with van der Waals surface area (Å²) in [5, 5.41) is 8.25. The highest BCUT2D eigenvalue weighted by molar-refractivity contribution is 8.14. The number of hydrogen-bond acceptors (Lipinski definition) is 3. The highest BCUT2D eigenvalue weighted by Gasteiger charge is 2.21. The van der Waals surface area contributed by atoms with Gasteiger partial charge in [0.15, 0.2) is 5.17 Å². The fourth-order valence-corrected chi connectivity index (χ4v) is 2.66. The molecule has 0 aliphatic carbocycles. The molecule has 80 valence electrons. The molecule has 1 aliphatic rings. The van der Waals surface area contributed by atoms with Gasteiger partial charge in [-0.3, -0.25) is 10.4 Å². The predicted molar refractivity (Wildman–Crippen MR) is 64.6 cm³/mol. The Bertz CT molecular complexity index is 344. The number of pyridine rings is 1. The highest BCUT2D eigenvalue weighted by atomic mass is 35.5. The van der Waals surface area contributed by atoms with Crippen molar-refractivity contribution in [3.63, 3.8) is 0 Å². The zero-order valence-corrected chi connectivity index (χ0v) is 9.76. The Balaban J connectivity index is 1.98. The maximum absolute atomic E-state index is 7.68. The van der Waals surface area contributed by atoms with Crippen LogP contribution in [-0.4, -0.2) is 33.9 Å². The van der Waals surface area contributed by atoms with Gasteiger partial charge in [-0.25, -0.2) is 0 Å². The molecular weight excluding hydrogens is 230 g/mol. The molecule has 1 aromatic rings. The molecule has 1 N–H and O–H groups in total. The molecule has 1 unspecified atom stereocenters. The van der Waals surface area contributed by atoms with Crippen molar-refractivity contribution in [3.8, 4) is 0 Å². The minimum absolute atomic E-state index is 0.0629. The summed E-state index contributed by atoms with van der Waals surface area (Å²) in [5.41, 5.74) is 1.07. The maximum atomic E-state index is 7.68. The molecule has 2 rings (SSSR count). The molecule has 1 atom stereocenters. The van der Waals surface area contributed by atoms with E-state index in [-0.39, 0.29) is 5.38 Å². The average molecular weight is 242 g/mol. The second-order valence-electron chi connectivity index (χ2n) is 3.35. The summed E-state index contributed by atoms with van der Waals surface area (Å²) in [7, 11) is 0. The molecule has 0 radical (unpaired) electrons. The van der Waals surface area contributed by atoms with Crippen molar-refractivity contribution in [2.75, 3.05) is 18.8 Å². The molecule has 0 spiro atoms. The quantitative estimate of drug-likeness (QED) is 0.826. The Hall–Kier alpha value is -0.740.